The van der Waals surface area contributed by atoms with Crippen molar-refractivity contribution in [2.45, 2.75) is 53.0 Å². The van der Waals surface area contributed by atoms with Gasteiger partial charge in [-0.15, -0.1) is 5.10 Å². The van der Waals surface area contributed by atoms with Gasteiger partial charge in [0.15, 0.2) is 5.84 Å². The SMILES string of the molecule is CCCn1nnc2cc(C3=NC(c4ccc(C(C)(C)C)c(C)c4)=NC3)ccc21. The predicted octanol–water partition coefficient (Wildman–Crippen LogP) is 4.70. The summed E-state index contributed by atoms with van der Waals surface area (Å²) in [5.74, 6) is 0.813. The molecule has 2 heterocycles. The van der Waals surface area contributed by atoms with E-state index < -0.39 is 0 Å². The molecule has 0 aliphatic carbocycles. The minimum Gasteiger partial charge on any atom is -0.260 e. The normalized spacial score (nSPS) is 14.5. The van der Waals surface area contributed by atoms with E-state index in [0.29, 0.717) is 6.54 Å². The molecule has 1 aliphatic rings. The predicted molar refractivity (Wildman–Crippen MR) is 116 cm³/mol. The summed E-state index contributed by atoms with van der Waals surface area (Å²) in [6.45, 7) is 12.5. The van der Waals surface area contributed by atoms with Crippen molar-refractivity contribution in [3.8, 4) is 0 Å². The van der Waals surface area contributed by atoms with Gasteiger partial charge in [0.05, 0.1) is 17.8 Å². The number of aromatic nitrogens is 3. The van der Waals surface area contributed by atoms with Crippen LogP contribution in [0.15, 0.2) is 46.4 Å². The van der Waals surface area contributed by atoms with E-state index in [1.165, 1.54) is 11.1 Å². The van der Waals surface area contributed by atoms with Gasteiger partial charge in [-0.2, -0.15) is 0 Å². The van der Waals surface area contributed by atoms with Gasteiger partial charge in [0.25, 0.3) is 0 Å². The van der Waals surface area contributed by atoms with Crippen molar-refractivity contribution in [3.63, 3.8) is 0 Å². The lowest BCUT2D eigenvalue weighted by Crippen LogP contribution is -2.13. The Morgan fingerprint density at radius 1 is 1.04 bits per heavy atom. The average molecular weight is 374 g/mol. The standard InChI is InChI=1S/C23H27N5/c1-6-11-28-21-10-8-16(13-19(21)26-27-28)20-14-24-22(25-20)17-7-9-18(15(2)12-17)23(3,4)5/h7-10,12-13H,6,11,14H2,1-5H3. The molecule has 2 aromatic carbocycles. The van der Waals surface area contributed by atoms with Gasteiger partial charge in [-0.1, -0.05) is 51.1 Å². The van der Waals surface area contributed by atoms with Gasteiger partial charge in [-0.05, 0) is 48.1 Å². The fraction of sp³-hybridized carbons (Fsp3) is 0.391. The van der Waals surface area contributed by atoms with Crippen LogP contribution in [0.25, 0.3) is 11.0 Å². The molecule has 0 radical (unpaired) electrons. The molecule has 28 heavy (non-hydrogen) atoms. The smallest absolute Gasteiger partial charge is 0.155 e. The summed E-state index contributed by atoms with van der Waals surface area (Å²) in [6.07, 6.45) is 1.04. The van der Waals surface area contributed by atoms with Crippen molar-refractivity contribution in [1.82, 2.24) is 15.0 Å². The first-order chi connectivity index (χ1) is 13.4. The lowest BCUT2D eigenvalue weighted by Gasteiger charge is -2.22. The molecular weight excluding hydrogens is 346 g/mol. The van der Waals surface area contributed by atoms with E-state index in [1.54, 1.807) is 0 Å². The van der Waals surface area contributed by atoms with Gasteiger partial charge >= 0.3 is 0 Å². The molecule has 5 nitrogen and oxygen atoms in total. The van der Waals surface area contributed by atoms with Crippen molar-refractivity contribution in [3.05, 3.63) is 58.7 Å². The average Bonchev–Trinajstić information content (AvgIpc) is 3.28. The molecule has 0 spiro atoms. The van der Waals surface area contributed by atoms with Gasteiger partial charge in [-0.25, -0.2) is 9.67 Å². The van der Waals surface area contributed by atoms with Crippen LogP contribution in [0.2, 0.25) is 0 Å². The molecule has 0 saturated carbocycles. The number of aryl methyl sites for hydroxylation is 2. The number of hydrogen-bond acceptors (Lipinski definition) is 4. The highest BCUT2D eigenvalue weighted by atomic mass is 15.4. The topological polar surface area (TPSA) is 55.4 Å². The van der Waals surface area contributed by atoms with Crippen molar-refractivity contribution in [2.75, 3.05) is 6.54 Å². The second-order valence-electron chi connectivity index (χ2n) is 8.49. The molecule has 0 saturated heterocycles. The molecule has 1 aromatic heterocycles. The Labute approximate surface area is 166 Å². The Morgan fingerprint density at radius 3 is 2.54 bits per heavy atom. The fourth-order valence-electron chi connectivity index (χ4n) is 3.83. The highest BCUT2D eigenvalue weighted by Crippen LogP contribution is 2.27. The van der Waals surface area contributed by atoms with Crippen LogP contribution in [0.4, 0.5) is 0 Å². The van der Waals surface area contributed by atoms with Crippen LogP contribution < -0.4 is 0 Å². The van der Waals surface area contributed by atoms with Gasteiger partial charge in [0.2, 0.25) is 0 Å². The maximum atomic E-state index is 4.82. The third-order valence-electron chi connectivity index (χ3n) is 5.19. The monoisotopic (exact) mass is 373 g/mol. The minimum absolute atomic E-state index is 0.138. The number of nitrogens with zero attached hydrogens (tertiary/aromatic N) is 5. The summed E-state index contributed by atoms with van der Waals surface area (Å²) in [5.41, 5.74) is 7.89. The Kier molecular flexibility index (Phi) is 4.61. The molecule has 1 aliphatic heterocycles. The number of hydrogen-bond donors (Lipinski definition) is 0. The molecule has 144 valence electrons. The molecule has 3 aromatic rings. The van der Waals surface area contributed by atoms with Crippen LogP contribution in [0, 0.1) is 6.92 Å². The summed E-state index contributed by atoms with van der Waals surface area (Å²) < 4.78 is 1.96. The van der Waals surface area contributed by atoms with Crippen molar-refractivity contribution >= 4 is 22.6 Å². The van der Waals surface area contributed by atoms with Gasteiger partial charge in [0.1, 0.15) is 5.52 Å². The number of benzene rings is 2. The second-order valence-corrected chi connectivity index (χ2v) is 8.49. The maximum absolute atomic E-state index is 4.82. The van der Waals surface area contributed by atoms with Crippen LogP contribution in [0.3, 0.4) is 0 Å². The number of amidine groups is 1. The number of aliphatic imine (C=N–C) groups is 2. The van der Waals surface area contributed by atoms with Gasteiger partial charge < -0.3 is 0 Å². The molecule has 0 N–H and O–H groups in total. The van der Waals surface area contributed by atoms with E-state index in [4.69, 9.17) is 4.99 Å². The zero-order valence-corrected chi connectivity index (χ0v) is 17.3. The molecular formula is C23H27N5. The fourth-order valence-corrected chi connectivity index (χ4v) is 3.83. The molecule has 5 heteroatoms. The van der Waals surface area contributed by atoms with Crippen LogP contribution in [-0.2, 0) is 12.0 Å². The van der Waals surface area contributed by atoms with Crippen LogP contribution in [0.1, 0.15) is 56.4 Å². The first-order valence-electron chi connectivity index (χ1n) is 9.94. The van der Waals surface area contributed by atoms with Crippen LogP contribution in [0.5, 0.6) is 0 Å². The summed E-state index contributed by atoms with van der Waals surface area (Å²) in [5, 5.41) is 8.56. The number of fused-ring (bicyclic) bond motifs is 1. The van der Waals surface area contributed by atoms with Crippen molar-refractivity contribution in [2.24, 2.45) is 9.98 Å². The van der Waals surface area contributed by atoms with Crippen LogP contribution in [-0.4, -0.2) is 33.1 Å². The first-order valence-corrected chi connectivity index (χ1v) is 9.94. The zero-order chi connectivity index (χ0) is 19.9. The quantitative estimate of drug-likeness (QED) is 0.666. The van der Waals surface area contributed by atoms with E-state index in [1.807, 2.05) is 4.68 Å². The van der Waals surface area contributed by atoms with E-state index in [0.717, 1.165) is 46.7 Å². The Morgan fingerprint density at radius 2 is 1.82 bits per heavy atom. The zero-order valence-electron chi connectivity index (χ0n) is 17.3. The van der Waals surface area contributed by atoms with Gasteiger partial charge in [0, 0.05) is 17.7 Å². The molecule has 0 atom stereocenters. The van der Waals surface area contributed by atoms with E-state index in [2.05, 4.69) is 86.3 Å². The maximum Gasteiger partial charge on any atom is 0.155 e. The highest BCUT2D eigenvalue weighted by Gasteiger charge is 2.19. The molecule has 0 fully saturated rings. The molecule has 0 amide bonds. The molecule has 0 unspecified atom stereocenters. The molecule has 4 rings (SSSR count). The Balaban J connectivity index is 1.62. The van der Waals surface area contributed by atoms with Gasteiger partial charge in [-0.3, -0.25) is 4.99 Å². The Hall–Kier alpha value is -2.82. The summed E-state index contributed by atoms with van der Waals surface area (Å²) in [7, 11) is 0. The third kappa shape index (κ3) is 3.37. The van der Waals surface area contributed by atoms with E-state index in [-0.39, 0.29) is 5.41 Å². The second kappa shape index (κ2) is 6.97. The summed E-state index contributed by atoms with van der Waals surface area (Å²) in [6, 6.07) is 12.8. The van der Waals surface area contributed by atoms with E-state index >= 15 is 0 Å². The minimum atomic E-state index is 0.138. The third-order valence-corrected chi connectivity index (χ3v) is 5.19. The summed E-state index contributed by atoms with van der Waals surface area (Å²) >= 11 is 0. The molecule has 0 bridgehead atoms. The lowest BCUT2D eigenvalue weighted by atomic mass is 9.83. The van der Waals surface area contributed by atoms with E-state index in [9.17, 15) is 0 Å². The Bertz CT molecular complexity index is 1100. The largest absolute Gasteiger partial charge is 0.260 e. The lowest BCUT2D eigenvalue weighted by molar-refractivity contribution is 0.586. The first kappa shape index (κ1) is 18.5. The van der Waals surface area contributed by atoms with Crippen molar-refractivity contribution < 1.29 is 0 Å². The number of rotatable bonds is 4. The summed E-state index contributed by atoms with van der Waals surface area (Å²) in [4.78, 5) is 9.51. The van der Waals surface area contributed by atoms with Crippen LogP contribution >= 0.6 is 0 Å². The van der Waals surface area contributed by atoms with Crippen molar-refractivity contribution in [1.29, 1.82) is 0 Å². The highest BCUT2D eigenvalue weighted by molar-refractivity contribution is 6.17.